The first-order chi connectivity index (χ1) is 22.7. The van der Waals surface area contributed by atoms with E-state index < -0.39 is 7.14 Å². The van der Waals surface area contributed by atoms with Crippen molar-refractivity contribution in [3.05, 3.63) is 54.4 Å². The maximum atomic E-state index is 13.5. The van der Waals surface area contributed by atoms with Gasteiger partial charge < -0.3 is 34.5 Å². The lowest BCUT2D eigenvalue weighted by molar-refractivity contribution is 0.0982. The van der Waals surface area contributed by atoms with Crippen LogP contribution in [0.4, 0.5) is 28.8 Å². The number of hydrogen-bond donors (Lipinski definition) is 2. The van der Waals surface area contributed by atoms with Crippen LogP contribution in [-0.4, -0.2) is 105 Å². The van der Waals surface area contributed by atoms with Gasteiger partial charge in [0.15, 0.2) is 11.6 Å². The first-order valence-corrected chi connectivity index (χ1v) is 19.1. The van der Waals surface area contributed by atoms with Crippen molar-refractivity contribution >= 4 is 52.2 Å². The zero-order valence-electron chi connectivity index (χ0n) is 28.4. The summed E-state index contributed by atoms with van der Waals surface area (Å²) in [6, 6.07) is 12.7. The molecule has 2 saturated heterocycles. The molecular weight excluding hydrogens is 611 g/mol. The summed E-state index contributed by atoms with van der Waals surface area (Å²) in [6.07, 6.45) is 6.55. The highest BCUT2D eigenvalue weighted by atomic mass is 31.2. The zero-order chi connectivity index (χ0) is 33.1. The van der Waals surface area contributed by atoms with Crippen LogP contribution in [0.3, 0.4) is 0 Å². The predicted molar refractivity (Wildman–Crippen MR) is 193 cm³/mol. The summed E-state index contributed by atoms with van der Waals surface area (Å²) < 4.78 is 25.0. The Hall–Kier alpha value is -3.92. The average Bonchev–Trinajstić information content (AvgIpc) is 3.08. The number of ether oxygens (including phenoxy) is 2. The smallest absolute Gasteiger partial charge is 0.229 e. The van der Waals surface area contributed by atoms with Crippen LogP contribution in [0.5, 0.6) is 11.5 Å². The largest absolute Gasteiger partial charge is 0.494 e. The quantitative estimate of drug-likeness (QED) is 0.209. The number of piperidine rings is 1. The van der Waals surface area contributed by atoms with E-state index in [0.29, 0.717) is 29.2 Å². The van der Waals surface area contributed by atoms with Gasteiger partial charge in [-0.3, -0.25) is 9.88 Å². The maximum Gasteiger partial charge on any atom is 0.229 e. The molecule has 0 saturated carbocycles. The summed E-state index contributed by atoms with van der Waals surface area (Å²) in [5.41, 5.74) is 4.66. The Labute approximate surface area is 278 Å². The summed E-state index contributed by atoms with van der Waals surface area (Å²) in [7, 11) is 2.78. The van der Waals surface area contributed by atoms with E-state index >= 15 is 0 Å². The minimum atomic E-state index is -2.71. The van der Waals surface area contributed by atoms with Crippen molar-refractivity contribution < 1.29 is 14.0 Å². The number of para-hydroxylation sites is 1. The fourth-order valence-corrected chi connectivity index (χ4v) is 8.30. The highest BCUT2D eigenvalue weighted by Gasteiger charge is 2.28. The summed E-state index contributed by atoms with van der Waals surface area (Å²) in [4.78, 5) is 21.6. The Kier molecular flexibility index (Phi) is 9.87. The Morgan fingerprint density at radius 1 is 0.894 bits per heavy atom. The fraction of sp³-hybridized carbons (Fsp3) is 0.457. The molecule has 2 aromatic carbocycles. The molecule has 250 valence electrons. The number of anilines is 5. The molecule has 2 aliphatic heterocycles. The summed E-state index contributed by atoms with van der Waals surface area (Å²) >= 11 is 0. The highest BCUT2D eigenvalue weighted by Crippen LogP contribution is 2.42. The van der Waals surface area contributed by atoms with Crippen LogP contribution in [0.15, 0.2) is 48.8 Å². The second kappa shape index (κ2) is 14.1. The number of rotatable bonds is 10. The van der Waals surface area contributed by atoms with Crippen molar-refractivity contribution in [2.75, 3.05) is 89.4 Å². The van der Waals surface area contributed by atoms with Gasteiger partial charge in [-0.25, -0.2) is 4.98 Å². The maximum absolute atomic E-state index is 13.5. The monoisotopic (exact) mass is 658 g/mol. The number of likely N-dealkylation sites (N-methyl/N-ethyl adjacent to an activating group) is 1. The lowest BCUT2D eigenvalue weighted by Gasteiger charge is -2.43. The van der Waals surface area contributed by atoms with Crippen LogP contribution >= 0.6 is 7.14 Å². The number of piperazine rings is 1. The van der Waals surface area contributed by atoms with Crippen LogP contribution < -0.4 is 30.3 Å². The Morgan fingerprint density at radius 3 is 2.30 bits per heavy atom. The number of hydrogen-bond acceptors (Lipinski definition) is 11. The van der Waals surface area contributed by atoms with Crippen molar-refractivity contribution in [3.63, 3.8) is 0 Å². The van der Waals surface area contributed by atoms with Gasteiger partial charge >= 0.3 is 0 Å². The number of methoxy groups -OCH3 is 2. The molecule has 0 atom stereocenters. The normalized spacial score (nSPS) is 16.8. The Bertz CT molecular complexity index is 1760. The van der Waals surface area contributed by atoms with E-state index in [4.69, 9.17) is 14.5 Å². The van der Waals surface area contributed by atoms with Crippen molar-refractivity contribution in [1.29, 1.82) is 0 Å². The molecule has 2 aromatic heterocycles. The van der Waals surface area contributed by atoms with E-state index in [0.717, 1.165) is 60.2 Å². The number of benzene rings is 2. The molecule has 4 aromatic rings. The van der Waals surface area contributed by atoms with E-state index in [1.54, 1.807) is 39.9 Å². The molecule has 2 fully saturated rings. The van der Waals surface area contributed by atoms with Gasteiger partial charge in [0.05, 0.1) is 43.5 Å². The van der Waals surface area contributed by atoms with E-state index in [1.165, 1.54) is 37.2 Å². The molecule has 4 heterocycles. The molecule has 0 bridgehead atoms. The predicted octanol–water partition coefficient (Wildman–Crippen LogP) is 5.56. The van der Waals surface area contributed by atoms with Gasteiger partial charge in [-0.2, -0.15) is 4.98 Å². The summed E-state index contributed by atoms with van der Waals surface area (Å²) in [5, 5.41) is 8.31. The third-order valence-corrected chi connectivity index (χ3v) is 11.0. The van der Waals surface area contributed by atoms with Gasteiger partial charge in [0, 0.05) is 67.8 Å². The second-order valence-electron chi connectivity index (χ2n) is 12.8. The van der Waals surface area contributed by atoms with Crippen LogP contribution in [0, 0.1) is 0 Å². The lowest BCUT2D eigenvalue weighted by atomic mass is 9.99. The average molecular weight is 659 g/mol. The molecule has 0 spiro atoms. The first kappa shape index (κ1) is 33.0. The van der Waals surface area contributed by atoms with Crippen molar-refractivity contribution in [2.24, 2.45) is 0 Å². The summed E-state index contributed by atoms with van der Waals surface area (Å²) in [5.74, 6) is 1.99. The summed E-state index contributed by atoms with van der Waals surface area (Å²) in [6.45, 7) is 12.4. The van der Waals surface area contributed by atoms with E-state index in [1.807, 2.05) is 24.3 Å². The van der Waals surface area contributed by atoms with Crippen LogP contribution in [0.1, 0.15) is 25.3 Å². The van der Waals surface area contributed by atoms with E-state index in [2.05, 4.69) is 61.4 Å². The molecule has 11 nitrogen and oxygen atoms in total. The molecule has 2 N–H and O–H groups in total. The van der Waals surface area contributed by atoms with Crippen LogP contribution in [0.2, 0.25) is 0 Å². The Balaban J connectivity index is 1.24. The van der Waals surface area contributed by atoms with Crippen molar-refractivity contribution in [1.82, 2.24) is 24.8 Å². The topological polar surface area (TPSA) is 108 Å². The minimum absolute atomic E-state index is 0.376. The number of nitrogens with zero attached hydrogens (tertiary/aromatic N) is 6. The first-order valence-electron chi connectivity index (χ1n) is 16.4. The Morgan fingerprint density at radius 2 is 1.62 bits per heavy atom. The second-order valence-corrected chi connectivity index (χ2v) is 16.0. The molecule has 12 heteroatoms. The van der Waals surface area contributed by atoms with E-state index in [9.17, 15) is 4.57 Å². The fourth-order valence-electron chi connectivity index (χ4n) is 6.83. The van der Waals surface area contributed by atoms with Crippen molar-refractivity contribution in [3.8, 4) is 11.5 Å². The molecule has 0 unspecified atom stereocenters. The SMILES string of the molecule is CCc1cc(Nc2ncc(OC)c(Nc3cnc4ccccc4c3P(C)(C)=O)n2)c(OC)cc1N1CCC(N2CCN(C)CC2)CC1. The van der Waals surface area contributed by atoms with Gasteiger partial charge in [-0.15, -0.1) is 0 Å². The molecule has 0 radical (unpaired) electrons. The highest BCUT2D eigenvalue weighted by molar-refractivity contribution is 7.71. The number of pyridine rings is 1. The van der Waals surface area contributed by atoms with Gasteiger partial charge in [-0.1, -0.05) is 25.1 Å². The van der Waals surface area contributed by atoms with Crippen LogP contribution in [-0.2, 0) is 11.0 Å². The minimum Gasteiger partial charge on any atom is -0.494 e. The molecule has 6 rings (SSSR count). The molecule has 2 aliphatic rings. The van der Waals surface area contributed by atoms with Gasteiger partial charge in [0.1, 0.15) is 12.9 Å². The van der Waals surface area contributed by atoms with Gasteiger partial charge in [0.25, 0.3) is 0 Å². The van der Waals surface area contributed by atoms with Crippen molar-refractivity contribution in [2.45, 2.75) is 32.2 Å². The molecule has 0 aliphatic carbocycles. The number of fused-ring (bicyclic) bond motifs is 1. The molecule has 0 amide bonds. The van der Waals surface area contributed by atoms with Crippen LogP contribution in [0.25, 0.3) is 10.9 Å². The van der Waals surface area contributed by atoms with Gasteiger partial charge in [0.2, 0.25) is 5.95 Å². The number of aryl methyl sites for hydroxylation is 1. The number of nitrogens with one attached hydrogen (secondary N) is 2. The third-order valence-electron chi connectivity index (χ3n) is 9.40. The number of aromatic nitrogens is 3. The standard InChI is InChI=1S/C35H47N8O3P/c1-7-24-20-28(31(45-3)21-30(24)43-14-12-25(13-15-43)42-18-16-41(2)17-19-42)39-35-37-23-32(46-4)34(40-35)38-29-22-36-27-11-9-8-10-26(27)33(29)47(5,6)44/h8-11,20-23,25H,7,12-19H2,1-6H3,(H2,37,38,39,40). The van der Waals surface area contributed by atoms with E-state index in [-0.39, 0.29) is 0 Å². The van der Waals surface area contributed by atoms with Gasteiger partial charge in [-0.05, 0) is 57.3 Å². The zero-order valence-corrected chi connectivity index (χ0v) is 29.3. The molecule has 47 heavy (non-hydrogen) atoms. The lowest BCUT2D eigenvalue weighted by Crippen LogP contribution is -2.52. The third kappa shape index (κ3) is 7.17. The molecular formula is C35H47N8O3P.